The lowest BCUT2D eigenvalue weighted by molar-refractivity contribution is 0.611. The zero-order valence-corrected chi connectivity index (χ0v) is 9.82. The molecule has 0 radical (unpaired) electrons. The lowest BCUT2D eigenvalue weighted by Crippen LogP contribution is -1.94. The van der Waals surface area contributed by atoms with Crippen LogP contribution in [-0.4, -0.2) is 0 Å². The number of halogens is 2. The lowest BCUT2D eigenvalue weighted by atomic mass is 10.0. The molecule has 2 aromatic rings. The Kier molecular flexibility index (Phi) is 3.54. The second kappa shape index (κ2) is 5.29. The summed E-state index contributed by atoms with van der Waals surface area (Å²) in [5.74, 6) is -1.10. The Balaban J connectivity index is 2.30. The highest BCUT2D eigenvalue weighted by Gasteiger charge is 2.07. The van der Waals surface area contributed by atoms with E-state index in [1.165, 1.54) is 24.3 Å². The zero-order chi connectivity index (χ0) is 13.8. The molecule has 92 valence electrons. The first-order valence-electron chi connectivity index (χ1n) is 5.48. The van der Waals surface area contributed by atoms with Crippen molar-refractivity contribution in [2.45, 2.75) is 6.42 Å². The Labute approximate surface area is 109 Å². The molecule has 0 spiro atoms. The third-order valence-electron chi connectivity index (χ3n) is 2.71. The van der Waals surface area contributed by atoms with Gasteiger partial charge >= 0.3 is 0 Å². The van der Waals surface area contributed by atoms with Crippen LogP contribution in [-0.2, 0) is 6.42 Å². The van der Waals surface area contributed by atoms with Crippen molar-refractivity contribution in [2.75, 3.05) is 0 Å². The highest BCUT2D eigenvalue weighted by Crippen LogP contribution is 2.20. The van der Waals surface area contributed by atoms with Crippen LogP contribution >= 0.6 is 0 Å². The number of nitriles is 1. The molecule has 0 amide bonds. The Morgan fingerprint density at radius 1 is 1.11 bits per heavy atom. The SMILES string of the molecule is [C-]#[N+]c1ccc(Cc2ccc(C#N)c(F)c2)c(F)c1. The molecular weight excluding hydrogens is 246 g/mol. The van der Waals surface area contributed by atoms with E-state index in [1.807, 2.05) is 0 Å². The molecule has 2 aromatic carbocycles. The zero-order valence-electron chi connectivity index (χ0n) is 9.82. The standard InChI is InChI=1S/C15H8F2N2/c1-19-13-5-4-11(15(17)8-13)6-10-2-3-12(9-18)14(16)7-10/h2-5,7-8H,6H2. The van der Waals surface area contributed by atoms with Gasteiger partial charge in [-0.05, 0) is 29.3 Å². The van der Waals surface area contributed by atoms with E-state index in [0.717, 1.165) is 6.07 Å². The van der Waals surface area contributed by atoms with Crippen molar-refractivity contribution >= 4 is 5.69 Å². The number of hydrogen-bond acceptors (Lipinski definition) is 1. The summed E-state index contributed by atoms with van der Waals surface area (Å²) < 4.78 is 27.1. The average molecular weight is 254 g/mol. The fraction of sp³-hybridized carbons (Fsp3) is 0.0667. The van der Waals surface area contributed by atoms with Crippen LogP contribution in [0.15, 0.2) is 36.4 Å². The molecule has 0 heterocycles. The number of hydrogen-bond donors (Lipinski definition) is 0. The highest BCUT2D eigenvalue weighted by molar-refractivity contribution is 5.47. The van der Waals surface area contributed by atoms with E-state index in [9.17, 15) is 8.78 Å². The average Bonchev–Trinajstić information content (AvgIpc) is 2.41. The van der Waals surface area contributed by atoms with Gasteiger partial charge in [0, 0.05) is 6.42 Å². The van der Waals surface area contributed by atoms with Gasteiger partial charge in [0.1, 0.15) is 17.7 Å². The van der Waals surface area contributed by atoms with Crippen molar-refractivity contribution in [2.24, 2.45) is 0 Å². The molecule has 0 bridgehead atoms. The summed E-state index contributed by atoms with van der Waals surface area (Å²) in [4.78, 5) is 3.13. The van der Waals surface area contributed by atoms with E-state index in [1.54, 1.807) is 12.1 Å². The molecule has 0 saturated heterocycles. The number of nitrogens with zero attached hydrogens (tertiary/aromatic N) is 2. The van der Waals surface area contributed by atoms with Gasteiger partial charge in [-0.2, -0.15) is 5.26 Å². The van der Waals surface area contributed by atoms with Crippen molar-refractivity contribution in [3.05, 3.63) is 76.1 Å². The fourth-order valence-corrected chi connectivity index (χ4v) is 1.73. The summed E-state index contributed by atoms with van der Waals surface area (Å²) >= 11 is 0. The maximum Gasteiger partial charge on any atom is 0.190 e. The van der Waals surface area contributed by atoms with Crippen LogP contribution in [0.5, 0.6) is 0 Å². The van der Waals surface area contributed by atoms with Crippen LogP contribution in [0, 0.1) is 29.5 Å². The van der Waals surface area contributed by atoms with E-state index >= 15 is 0 Å². The molecule has 2 nitrogen and oxygen atoms in total. The first kappa shape index (κ1) is 12.7. The van der Waals surface area contributed by atoms with Crippen LogP contribution in [0.2, 0.25) is 0 Å². The Morgan fingerprint density at radius 3 is 2.47 bits per heavy atom. The summed E-state index contributed by atoms with van der Waals surface area (Å²) in [6.07, 6.45) is 0.215. The fourth-order valence-electron chi connectivity index (χ4n) is 1.73. The van der Waals surface area contributed by atoms with E-state index in [2.05, 4.69) is 4.85 Å². The Morgan fingerprint density at radius 2 is 1.89 bits per heavy atom. The van der Waals surface area contributed by atoms with Gasteiger partial charge in [-0.15, -0.1) is 0 Å². The molecule has 0 aromatic heterocycles. The topological polar surface area (TPSA) is 28.1 Å². The van der Waals surface area contributed by atoms with Crippen LogP contribution < -0.4 is 0 Å². The highest BCUT2D eigenvalue weighted by atomic mass is 19.1. The molecule has 0 atom stereocenters. The molecule has 0 fully saturated rings. The van der Waals surface area contributed by atoms with E-state index in [0.29, 0.717) is 11.1 Å². The molecule has 4 heteroatoms. The third kappa shape index (κ3) is 2.75. The third-order valence-corrected chi connectivity index (χ3v) is 2.71. The first-order chi connectivity index (χ1) is 9.13. The summed E-state index contributed by atoms with van der Waals surface area (Å²) in [5.41, 5.74) is 1.15. The van der Waals surface area contributed by atoms with Gasteiger partial charge in [-0.25, -0.2) is 13.6 Å². The van der Waals surface area contributed by atoms with E-state index in [4.69, 9.17) is 11.8 Å². The van der Waals surface area contributed by atoms with Crippen molar-refractivity contribution in [3.63, 3.8) is 0 Å². The second-order valence-corrected chi connectivity index (χ2v) is 3.99. The minimum atomic E-state index is -0.613. The molecule has 0 N–H and O–H groups in total. The first-order valence-corrected chi connectivity index (χ1v) is 5.48. The van der Waals surface area contributed by atoms with Crippen LogP contribution in [0.25, 0.3) is 4.85 Å². The monoisotopic (exact) mass is 254 g/mol. The minimum Gasteiger partial charge on any atom is -0.238 e. The minimum absolute atomic E-state index is 0.0347. The van der Waals surface area contributed by atoms with E-state index in [-0.39, 0.29) is 17.7 Å². The maximum absolute atomic E-state index is 13.7. The van der Waals surface area contributed by atoms with Crippen molar-refractivity contribution in [1.82, 2.24) is 0 Å². The van der Waals surface area contributed by atoms with Crippen molar-refractivity contribution < 1.29 is 8.78 Å². The molecule has 0 aliphatic rings. The predicted molar refractivity (Wildman–Crippen MR) is 66.6 cm³/mol. The quantitative estimate of drug-likeness (QED) is 0.745. The largest absolute Gasteiger partial charge is 0.238 e. The second-order valence-electron chi connectivity index (χ2n) is 3.99. The molecule has 2 rings (SSSR count). The van der Waals surface area contributed by atoms with Gasteiger partial charge in [0.25, 0.3) is 0 Å². The van der Waals surface area contributed by atoms with Gasteiger partial charge in [-0.3, -0.25) is 0 Å². The summed E-state index contributed by atoms with van der Waals surface area (Å²) in [6.45, 7) is 6.78. The van der Waals surface area contributed by atoms with Gasteiger partial charge in [0.2, 0.25) is 0 Å². The molecule has 0 aliphatic carbocycles. The smallest absolute Gasteiger partial charge is 0.190 e. The van der Waals surface area contributed by atoms with Crippen LogP contribution in [0.3, 0.4) is 0 Å². The number of benzene rings is 2. The summed E-state index contributed by atoms with van der Waals surface area (Å²) in [6, 6.07) is 10.1. The number of rotatable bonds is 2. The van der Waals surface area contributed by atoms with Crippen LogP contribution in [0.1, 0.15) is 16.7 Å². The van der Waals surface area contributed by atoms with E-state index < -0.39 is 11.6 Å². The normalized spacial score (nSPS) is 9.68. The van der Waals surface area contributed by atoms with Gasteiger partial charge in [-0.1, -0.05) is 18.2 Å². The van der Waals surface area contributed by atoms with Gasteiger partial charge in [0.05, 0.1) is 12.1 Å². The van der Waals surface area contributed by atoms with Crippen molar-refractivity contribution in [1.29, 1.82) is 5.26 Å². The summed E-state index contributed by atoms with van der Waals surface area (Å²) in [5, 5.41) is 8.62. The molecule has 0 aliphatic heterocycles. The van der Waals surface area contributed by atoms with Crippen molar-refractivity contribution in [3.8, 4) is 6.07 Å². The van der Waals surface area contributed by atoms with Gasteiger partial charge < -0.3 is 0 Å². The summed E-state index contributed by atoms with van der Waals surface area (Å²) in [7, 11) is 0. The Hall–Kier alpha value is -2.72. The lowest BCUT2D eigenvalue weighted by Gasteiger charge is -2.05. The molecular formula is C15H8F2N2. The maximum atomic E-state index is 13.7. The molecule has 0 saturated carbocycles. The Bertz CT molecular complexity index is 709. The van der Waals surface area contributed by atoms with Crippen LogP contribution in [0.4, 0.5) is 14.5 Å². The van der Waals surface area contributed by atoms with Gasteiger partial charge in [0.15, 0.2) is 5.69 Å². The molecule has 19 heavy (non-hydrogen) atoms. The predicted octanol–water partition coefficient (Wildman–Crippen LogP) is 3.98. The molecule has 0 unspecified atom stereocenters.